The van der Waals surface area contributed by atoms with Crippen LogP contribution in [0.4, 0.5) is 0 Å². The Morgan fingerprint density at radius 2 is 1.67 bits per heavy atom. The number of carbonyl (C=O) groups excluding carboxylic acids is 2. The van der Waals surface area contributed by atoms with Crippen molar-refractivity contribution in [2.75, 3.05) is 40.3 Å². The molecule has 3 aliphatic rings. The van der Waals surface area contributed by atoms with Crippen LogP contribution in [-0.4, -0.2) is 90.0 Å². The summed E-state index contributed by atoms with van der Waals surface area (Å²) >= 11 is 0. The van der Waals surface area contributed by atoms with Gasteiger partial charge < -0.3 is 19.1 Å². The first-order valence-corrected chi connectivity index (χ1v) is 20.1. The van der Waals surface area contributed by atoms with Gasteiger partial charge in [0.1, 0.15) is 5.75 Å². The standard InChI is InChI=1S/C40H50N6O5S/c1-25(2)46-37(34(23-41-46)40(48)44-18-16-43(5)17-19-44)30-20-29-21-31(51-6)13-15-32(29)38-36(27-10-8-7-9-11-27)33-14-12-28(22-35(33)45(38)24-30)39(47)42-52(49,50)26(3)4/h12-15,20-23,25-27H,7-11,16-19,24H2,1-6H3,(H,42,47). The molecule has 4 heterocycles. The topological polar surface area (TPSA) is 119 Å². The molecule has 0 spiro atoms. The first-order valence-electron chi connectivity index (χ1n) is 18.5. The number of hydrogen-bond acceptors (Lipinski definition) is 7. The van der Waals surface area contributed by atoms with Crippen LogP contribution in [0.1, 0.15) is 109 Å². The van der Waals surface area contributed by atoms with E-state index in [1.807, 2.05) is 27.8 Å². The van der Waals surface area contributed by atoms with E-state index in [9.17, 15) is 18.0 Å². The highest BCUT2D eigenvalue weighted by Crippen LogP contribution is 2.48. The molecule has 7 rings (SSSR count). The van der Waals surface area contributed by atoms with Crippen molar-refractivity contribution in [2.24, 2.45) is 0 Å². The number of allylic oxidation sites excluding steroid dienone is 1. The summed E-state index contributed by atoms with van der Waals surface area (Å²) in [6.07, 6.45) is 9.52. The first-order chi connectivity index (χ1) is 24.9. The molecule has 0 radical (unpaired) electrons. The van der Waals surface area contributed by atoms with Gasteiger partial charge in [0.05, 0.1) is 42.1 Å². The van der Waals surface area contributed by atoms with Crippen molar-refractivity contribution in [3.05, 3.63) is 70.5 Å². The van der Waals surface area contributed by atoms with Gasteiger partial charge in [-0.25, -0.2) is 13.1 Å². The van der Waals surface area contributed by atoms with E-state index in [0.717, 1.165) is 83.5 Å². The summed E-state index contributed by atoms with van der Waals surface area (Å²) in [5.74, 6) is 0.366. The number of amides is 2. The lowest BCUT2D eigenvalue weighted by Gasteiger charge is -2.32. The molecule has 1 saturated heterocycles. The molecule has 12 heteroatoms. The minimum atomic E-state index is -3.83. The van der Waals surface area contributed by atoms with Crippen molar-refractivity contribution in [1.29, 1.82) is 0 Å². The van der Waals surface area contributed by atoms with Crippen molar-refractivity contribution in [3.63, 3.8) is 0 Å². The number of likely N-dealkylation sites (N-methyl/N-ethyl adjacent to an activating group) is 1. The number of hydrogen-bond donors (Lipinski definition) is 1. The molecular weight excluding hydrogens is 677 g/mol. The van der Waals surface area contributed by atoms with Gasteiger partial charge in [-0.15, -0.1) is 0 Å². The van der Waals surface area contributed by atoms with E-state index < -0.39 is 21.2 Å². The Hall–Kier alpha value is -4.42. The molecule has 2 fully saturated rings. The predicted molar refractivity (Wildman–Crippen MR) is 205 cm³/mol. The summed E-state index contributed by atoms with van der Waals surface area (Å²) in [6, 6.07) is 11.7. The molecule has 1 N–H and O–H groups in total. The van der Waals surface area contributed by atoms with Crippen LogP contribution in [0.15, 0.2) is 42.6 Å². The molecule has 1 aliphatic carbocycles. The lowest BCUT2D eigenvalue weighted by molar-refractivity contribution is 0.0663. The number of nitrogens with zero attached hydrogens (tertiary/aromatic N) is 5. The van der Waals surface area contributed by atoms with Crippen LogP contribution in [0.5, 0.6) is 5.75 Å². The Labute approximate surface area is 306 Å². The highest BCUT2D eigenvalue weighted by Gasteiger charge is 2.33. The monoisotopic (exact) mass is 726 g/mol. The van der Waals surface area contributed by atoms with Gasteiger partial charge in [-0.05, 0) is 107 Å². The highest BCUT2D eigenvalue weighted by atomic mass is 32.2. The van der Waals surface area contributed by atoms with E-state index in [1.165, 1.54) is 12.0 Å². The summed E-state index contributed by atoms with van der Waals surface area (Å²) in [5.41, 5.74) is 7.74. The zero-order chi connectivity index (χ0) is 36.9. The Bertz CT molecular complexity index is 2160. The van der Waals surface area contributed by atoms with E-state index in [-0.39, 0.29) is 17.5 Å². The zero-order valence-electron chi connectivity index (χ0n) is 31.1. The van der Waals surface area contributed by atoms with Crippen LogP contribution in [-0.2, 0) is 16.6 Å². The quantitative estimate of drug-likeness (QED) is 0.219. The zero-order valence-corrected chi connectivity index (χ0v) is 31.9. The molecule has 0 atom stereocenters. The third-order valence-corrected chi connectivity index (χ3v) is 12.7. The molecule has 11 nitrogen and oxygen atoms in total. The van der Waals surface area contributed by atoms with Gasteiger partial charge >= 0.3 is 0 Å². The fraction of sp³-hybridized carbons (Fsp3) is 0.475. The maximum Gasteiger partial charge on any atom is 0.264 e. The lowest BCUT2D eigenvalue weighted by atomic mass is 9.81. The third-order valence-electron chi connectivity index (χ3n) is 11.0. The number of carbonyl (C=O) groups is 2. The van der Waals surface area contributed by atoms with Gasteiger partial charge in [-0.1, -0.05) is 25.3 Å². The molecular formula is C40H50N6O5S. The SMILES string of the molecule is COc1ccc2c(c1)C=C(c1c(C(=O)N3CCN(C)CC3)cnn1C(C)C)Cn1c-2c(C2CCCCC2)c2ccc(C(=O)NS(=O)(=O)C(C)C)cc21. The molecule has 2 aromatic carbocycles. The van der Waals surface area contributed by atoms with Gasteiger partial charge in [-0.2, -0.15) is 5.10 Å². The van der Waals surface area contributed by atoms with E-state index in [4.69, 9.17) is 9.84 Å². The molecule has 4 aromatic rings. The van der Waals surface area contributed by atoms with Gasteiger partial charge in [0.25, 0.3) is 11.8 Å². The molecule has 52 heavy (non-hydrogen) atoms. The van der Waals surface area contributed by atoms with Gasteiger partial charge in [0.2, 0.25) is 10.0 Å². The fourth-order valence-electron chi connectivity index (χ4n) is 8.04. The van der Waals surface area contributed by atoms with Gasteiger partial charge in [0.15, 0.2) is 0 Å². The number of sulfonamides is 1. The van der Waals surface area contributed by atoms with Crippen LogP contribution in [0.2, 0.25) is 0 Å². The second-order valence-electron chi connectivity index (χ2n) is 15.1. The molecule has 276 valence electrons. The third kappa shape index (κ3) is 6.55. The molecule has 2 amide bonds. The van der Waals surface area contributed by atoms with Crippen molar-refractivity contribution in [3.8, 4) is 17.0 Å². The van der Waals surface area contributed by atoms with Crippen molar-refractivity contribution >= 4 is 44.4 Å². The van der Waals surface area contributed by atoms with Crippen LogP contribution < -0.4 is 9.46 Å². The molecule has 2 aromatic heterocycles. The number of fused-ring (bicyclic) bond motifs is 5. The maximum atomic E-state index is 14.3. The number of nitrogens with one attached hydrogen (secondary N) is 1. The second kappa shape index (κ2) is 14.2. The Kier molecular flexibility index (Phi) is 9.81. The normalized spacial score (nSPS) is 17.2. The van der Waals surface area contributed by atoms with Gasteiger partial charge in [-0.3, -0.25) is 14.3 Å². The highest BCUT2D eigenvalue weighted by molar-refractivity contribution is 7.90. The Morgan fingerprint density at radius 3 is 2.35 bits per heavy atom. The first kappa shape index (κ1) is 36.0. The number of rotatable bonds is 8. The maximum absolute atomic E-state index is 14.3. The largest absolute Gasteiger partial charge is 0.497 e. The number of ether oxygens (including phenoxy) is 1. The van der Waals surface area contributed by atoms with E-state index >= 15 is 0 Å². The molecule has 2 aliphatic heterocycles. The summed E-state index contributed by atoms with van der Waals surface area (Å²) in [4.78, 5) is 32.0. The second-order valence-corrected chi connectivity index (χ2v) is 17.3. The smallest absolute Gasteiger partial charge is 0.264 e. The Balaban J connectivity index is 1.46. The Morgan fingerprint density at radius 1 is 0.942 bits per heavy atom. The average Bonchev–Trinajstić information content (AvgIpc) is 3.66. The molecule has 0 bridgehead atoms. The molecule has 1 saturated carbocycles. The average molecular weight is 727 g/mol. The van der Waals surface area contributed by atoms with Gasteiger partial charge in [0, 0.05) is 54.3 Å². The summed E-state index contributed by atoms with van der Waals surface area (Å²) < 4.78 is 37.7. The summed E-state index contributed by atoms with van der Waals surface area (Å²) in [7, 11) is -0.0917. The van der Waals surface area contributed by atoms with Crippen LogP contribution in [0.3, 0.4) is 0 Å². The lowest BCUT2D eigenvalue weighted by Crippen LogP contribution is -2.47. The minimum Gasteiger partial charge on any atom is -0.497 e. The van der Waals surface area contributed by atoms with Crippen LogP contribution >= 0.6 is 0 Å². The van der Waals surface area contributed by atoms with Crippen molar-refractivity contribution in [2.45, 2.75) is 83.6 Å². The number of aromatic nitrogens is 3. The van der Waals surface area contributed by atoms with Crippen molar-refractivity contribution in [1.82, 2.24) is 28.9 Å². The summed E-state index contributed by atoms with van der Waals surface area (Å²) in [5, 5.41) is 5.10. The van der Waals surface area contributed by atoms with E-state index in [2.05, 4.69) is 53.3 Å². The van der Waals surface area contributed by atoms with E-state index in [0.29, 0.717) is 31.1 Å². The number of methoxy groups -OCH3 is 1. The molecule has 0 unspecified atom stereocenters. The summed E-state index contributed by atoms with van der Waals surface area (Å²) in [6.45, 7) is 10.6. The number of benzene rings is 2. The van der Waals surface area contributed by atoms with Crippen LogP contribution in [0.25, 0.3) is 33.8 Å². The predicted octanol–water partition coefficient (Wildman–Crippen LogP) is 6.55. The fourth-order valence-corrected chi connectivity index (χ4v) is 8.65. The number of piperazine rings is 1. The van der Waals surface area contributed by atoms with E-state index in [1.54, 1.807) is 33.2 Å². The van der Waals surface area contributed by atoms with Crippen LogP contribution in [0, 0.1) is 0 Å². The minimum absolute atomic E-state index is 0.0187. The van der Waals surface area contributed by atoms with Crippen molar-refractivity contribution < 1.29 is 22.7 Å².